The molecule has 1 aliphatic rings. The van der Waals surface area contributed by atoms with Crippen molar-refractivity contribution in [3.8, 4) is 5.69 Å². The van der Waals surface area contributed by atoms with Gasteiger partial charge in [0.05, 0.1) is 17.5 Å². The van der Waals surface area contributed by atoms with E-state index in [0.29, 0.717) is 16.6 Å². The largest absolute Gasteiger partial charge is 0.334 e. The molecule has 4 rings (SSSR count). The first-order chi connectivity index (χ1) is 14.1. The summed E-state index contributed by atoms with van der Waals surface area (Å²) < 4.78 is 1.82. The molecule has 3 aromatic rings. The van der Waals surface area contributed by atoms with E-state index in [1.165, 1.54) is 23.6 Å². The zero-order chi connectivity index (χ0) is 20.2. The van der Waals surface area contributed by atoms with Gasteiger partial charge in [-0.15, -0.1) is 21.5 Å². The second kappa shape index (κ2) is 8.79. The molecule has 9 heteroatoms. The van der Waals surface area contributed by atoms with E-state index in [2.05, 4.69) is 27.0 Å². The van der Waals surface area contributed by atoms with Crippen LogP contribution in [0.2, 0.25) is 0 Å². The van der Waals surface area contributed by atoms with Gasteiger partial charge in [-0.3, -0.25) is 14.2 Å². The van der Waals surface area contributed by atoms with Gasteiger partial charge in [-0.05, 0) is 42.5 Å². The first kappa shape index (κ1) is 19.7. The lowest BCUT2D eigenvalue weighted by molar-refractivity contribution is -0.129. The number of benzene rings is 1. The molecule has 0 saturated carbocycles. The molecule has 29 heavy (non-hydrogen) atoms. The van der Waals surface area contributed by atoms with Crippen LogP contribution in [-0.4, -0.2) is 43.8 Å². The van der Waals surface area contributed by atoms with Crippen LogP contribution in [0.25, 0.3) is 5.69 Å². The van der Waals surface area contributed by atoms with Gasteiger partial charge < -0.3 is 10.2 Å². The number of likely N-dealkylation sites (tertiary alicyclic amines) is 1. The smallest absolute Gasteiger partial charge is 0.233 e. The van der Waals surface area contributed by atoms with Crippen LogP contribution in [0.1, 0.15) is 30.7 Å². The number of amides is 2. The summed E-state index contributed by atoms with van der Waals surface area (Å²) in [5, 5.41) is 13.6. The molecule has 0 aliphatic carbocycles. The topological polar surface area (TPSA) is 80.1 Å². The third-order valence-electron chi connectivity index (χ3n) is 4.73. The van der Waals surface area contributed by atoms with Crippen LogP contribution in [0.15, 0.2) is 53.3 Å². The fourth-order valence-electron chi connectivity index (χ4n) is 3.49. The Morgan fingerprint density at radius 2 is 2.21 bits per heavy atom. The molecule has 1 atom stereocenters. The van der Waals surface area contributed by atoms with Gasteiger partial charge in [0.15, 0.2) is 5.16 Å². The Bertz CT molecular complexity index is 1000. The Kier molecular flexibility index (Phi) is 5.96. The second-order valence-electron chi connectivity index (χ2n) is 6.76. The first-order valence-electron chi connectivity index (χ1n) is 9.35. The minimum atomic E-state index is -0.128. The Hall–Kier alpha value is -2.65. The van der Waals surface area contributed by atoms with Gasteiger partial charge >= 0.3 is 0 Å². The van der Waals surface area contributed by atoms with Crippen LogP contribution in [0.3, 0.4) is 0 Å². The van der Waals surface area contributed by atoms with Crippen molar-refractivity contribution in [2.45, 2.75) is 31.0 Å². The van der Waals surface area contributed by atoms with Crippen LogP contribution in [0.5, 0.6) is 0 Å². The number of nitrogens with zero attached hydrogens (tertiary/aromatic N) is 4. The van der Waals surface area contributed by atoms with Gasteiger partial charge in [0.2, 0.25) is 11.8 Å². The molecule has 7 nitrogen and oxygen atoms in total. The highest BCUT2D eigenvalue weighted by molar-refractivity contribution is 7.99. The van der Waals surface area contributed by atoms with Gasteiger partial charge in [-0.2, -0.15) is 0 Å². The summed E-state index contributed by atoms with van der Waals surface area (Å²) in [7, 11) is 0. The SMILES string of the molecule is CC(=O)Nc1cccc(-n2cnnc2SCC(=O)N2CCC[C@@H]2c2cccs2)c1. The third-order valence-corrected chi connectivity index (χ3v) is 6.63. The molecule has 2 amide bonds. The number of hydrogen-bond acceptors (Lipinski definition) is 6. The van der Waals surface area contributed by atoms with Crippen molar-refractivity contribution in [2.24, 2.45) is 0 Å². The quantitative estimate of drug-likeness (QED) is 0.606. The Balaban J connectivity index is 1.44. The van der Waals surface area contributed by atoms with Gasteiger partial charge in [0.1, 0.15) is 6.33 Å². The van der Waals surface area contributed by atoms with E-state index in [0.717, 1.165) is 25.1 Å². The lowest BCUT2D eigenvalue weighted by atomic mass is 10.2. The number of carbonyl (C=O) groups excluding carboxylic acids is 2. The standard InChI is InChI=1S/C20H21N5O2S2/c1-14(26)22-15-5-2-6-16(11-15)25-13-21-23-20(25)29-12-19(27)24-9-3-7-17(24)18-8-4-10-28-18/h2,4-6,8,10-11,13,17H,3,7,9,12H2,1H3,(H,22,26)/t17-/m1/s1. The first-order valence-corrected chi connectivity index (χ1v) is 11.2. The van der Waals surface area contributed by atoms with E-state index < -0.39 is 0 Å². The molecule has 1 N–H and O–H groups in total. The summed E-state index contributed by atoms with van der Waals surface area (Å²) in [5.41, 5.74) is 1.53. The number of nitrogens with one attached hydrogen (secondary N) is 1. The Morgan fingerprint density at radius 3 is 3.00 bits per heavy atom. The molecular formula is C20H21N5O2S2. The number of rotatable bonds is 6. The van der Waals surface area contributed by atoms with E-state index in [-0.39, 0.29) is 17.9 Å². The highest BCUT2D eigenvalue weighted by Crippen LogP contribution is 2.35. The van der Waals surface area contributed by atoms with Crippen LogP contribution in [0, 0.1) is 0 Å². The lowest BCUT2D eigenvalue weighted by Gasteiger charge is -2.23. The predicted octanol–water partition coefficient (Wildman–Crippen LogP) is 3.74. The van der Waals surface area contributed by atoms with Crippen molar-refractivity contribution < 1.29 is 9.59 Å². The Morgan fingerprint density at radius 1 is 1.31 bits per heavy atom. The summed E-state index contributed by atoms with van der Waals surface area (Å²) in [6.45, 7) is 2.27. The maximum absolute atomic E-state index is 12.9. The van der Waals surface area contributed by atoms with E-state index in [4.69, 9.17) is 0 Å². The number of thioether (sulfide) groups is 1. The monoisotopic (exact) mass is 427 g/mol. The molecular weight excluding hydrogens is 406 g/mol. The van der Waals surface area contributed by atoms with Crippen molar-refractivity contribution in [1.29, 1.82) is 0 Å². The summed E-state index contributed by atoms with van der Waals surface area (Å²) in [5.74, 6) is 0.302. The van der Waals surface area contributed by atoms with Crippen molar-refractivity contribution in [1.82, 2.24) is 19.7 Å². The van der Waals surface area contributed by atoms with Crippen molar-refractivity contribution >= 4 is 40.6 Å². The molecule has 1 aliphatic heterocycles. The molecule has 1 aromatic carbocycles. The van der Waals surface area contributed by atoms with Gasteiger partial charge in [-0.25, -0.2) is 0 Å². The van der Waals surface area contributed by atoms with Gasteiger partial charge in [-0.1, -0.05) is 23.9 Å². The van der Waals surface area contributed by atoms with E-state index in [9.17, 15) is 9.59 Å². The fraction of sp³-hybridized carbons (Fsp3) is 0.300. The highest BCUT2D eigenvalue weighted by Gasteiger charge is 2.30. The summed E-state index contributed by atoms with van der Waals surface area (Å²) >= 11 is 3.08. The number of thiophene rings is 1. The van der Waals surface area contributed by atoms with Gasteiger partial charge in [0, 0.05) is 24.0 Å². The summed E-state index contributed by atoms with van der Waals surface area (Å²) in [6.07, 6.45) is 3.66. The van der Waals surface area contributed by atoms with E-state index in [1.54, 1.807) is 17.7 Å². The van der Waals surface area contributed by atoms with Crippen molar-refractivity contribution in [3.05, 3.63) is 53.0 Å². The summed E-state index contributed by atoms with van der Waals surface area (Å²) in [6, 6.07) is 11.8. The molecule has 1 saturated heterocycles. The fourth-order valence-corrected chi connectivity index (χ4v) is 5.18. The summed E-state index contributed by atoms with van der Waals surface area (Å²) in [4.78, 5) is 27.4. The highest BCUT2D eigenvalue weighted by atomic mass is 32.2. The predicted molar refractivity (Wildman–Crippen MR) is 114 cm³/mol. The van der Waals surface area contributed by atoms with Crippen LogP contribution in [-0.2, 0) is 9.59 Å². The molecule has 0 radical (unpaired) electrons. The van der Waals surface area contributed by atoms with Crippen LogP contribution < -0.4 is 5.32 Å². The second-order valence-corrected chi connectivity index (χ2v) is 8.69. The maximum Gasteiger partial charge on any atom is 0.233 e. The molecule has 0 spiro atoms. The third kappa shape index (κ3) is 4.51. The molecule has 2 aromatic heterocycles. The van der Waals surface area contributed by atoms with Crippen molar-refractivity contribution in [2.75, 3.05) is 17.6 Å². The minimum Gasteiger partial charge on any atom is -0.334 e. The number of aromatic nitrogens is 3. The molecule has 150 valence electrons. The Labute approximate surface area is 177 Å². The lowest BCUT2D eigenvalue weighted by Crippen LogP contribution is -2.31. The maximum atomic E-state index is 12.9. The average Bonchev–Trinajstić information content (AvgIpc) is 3.46. The molecule has 0 unspecified atom stereocenters. The minimum absolute atomic E-state index is 0.118. The molecule has 1 fully saturated rings. The van der Waals surface area contributed by atoms with E-state index in [1.807, 2.05) is 39.8 Å². The number of carbonyl (C=O) groups is 2. The number of anilines is 1. The van der Waals surface area contributed by atoms with Crippen LogP contribution in [0.4, 0.5) is 5.69 Å². The van der Waals surface area contributed by atoms with Gasteiger partial charge in [0.25, 0.3) is 0 Å². The van der Waals surface area contributed by atoms with Crippen LogP contribution >= 0.6 is 23.1 Å². The zero-order valence-corrected chi connectivity index (χ0v) is 17.6. The zero-order valence-electron chi connectivity index (χ0n) is 15.9. The number of hydrogen-bond donors (Lipinski definition) is 1. The van der Waals surface area contributed by atoms with Crippen molar-refractivity contribution in [3.63, 3.8) is 0 Å². The molecule has 0 bridgehead atoms. The van der Waals surface area contributed by atoms with E-state index >= 15 is 0 Å². The molecule has 3 heterocycles. The average molecular weight is 428 g/mol. The normalized spacial score (nSPS) is 16.2.